The summed E-state index contributed by atoms with van der Waals surface area (Å²) in [6, 6.07) is 0. The van der Waals surface area contributed by atoms with Crippen LogP contribution in [0.3, 0.4) is 0 Å². The number of benzene rings is 1. The van der Waals surface area contributed by atoms with Crippen LogP contribution in [0.1, 0.15) is 29.9 Å². The molecule has 3 atom stereocenters. The van der Waals surface area contributed by atoms with Crippen LogP contribution in [0.2, 0.25) is 0 Å². The van der Waals surface area contributed by atoms with Gasteiger partial charge in [-0.25, -0.2) is 17.6 Å². The summed E-state index contributed by atoms with van der Waals surface area (Å²) in [6.07, 6.45) is 1.34. The molecule has 0 radical (unpaired) electrons. The minimum atomic E-state index is -1.72. The molecule has 0 heterocycles. The lowest BCUT2D eigenvalue weighted by atomic mass is 9.82. The first-order valence-corrected chi connectivity index (χ1v) is 5.92. The van der Waals surface area contributed by atoms with E-state index >= 15 is 0 Å². The number of fused-ring (bicyclic) bond motifs is 4. The maximum Gasteiger partial charge on any atom is 0.197 e. The van der Waals surface area contributed by atoms with Gasteiger partial charge >= 0.3 is 0 Å². The normalized spacial score (nSPS) is 29.5. The van der Waals surface area contributed by atoms with E-state index in [0.717, 1.165) is 0 Å². The number of rotatable bonds is 1. The second-order valence-corrected chi connectivity index (χ2v) is 5.07. The first-order chi connectivity index (χ1) is 8.54. The smallest absolute Gasteiger partial charge is 0.197 e. The van der Waals surface area contributed by atoms with Crippen LogP contribution in [-0.4, -0.2) is 13.2 Å². The second-order valence-electron chi connectivity index (χ2n) is 5.07. The third kappa shape index (κ3) is 1.43. The highest BCUT2D eigenvalue weighted by atomic mass is 19.2. The number of hydrogen-bond acceptors (Lipinski definition) is 1. The van der Waals surface area contributed by atoms with Gasteiger partial charge in [-0.3, -0.25) is 0 Å². The molecule has 0 spiro atoms. The molecule has 98 valence electrons. The van der Waals surface area contributed by atoms with Gasteiger partial charge in [-0.2, -0.15) is 0 Å². The summed E-state index contributed by atoms with van der Waals surface area (Å²) in [5.41, 5.74) is -0.0285. The Hall–Kier alpha value is -1.10. The predicted molar refractivity (Wildman–Crippen MR) is 56.2 cm³/mol. The Kier molecular flexibility index (Phi) is 2.62. The van der Waals surface area contributed by atoms with E-state index < -0.39 is 23.3 Å². The van der Waals surface area contributed by atoms with Crippen molar-refractivity contribution in [2.45, 2.75) is 31.3 Å². The fraction of sp³-hybridized carbons (Fsp3) is 0.538. The molecule has 1 saturated carbocycles. The van der Waals surface area contributed by atoms with Crippen molar-refractivity contribution < 1.29 is 22.3 Å². The molecule has 1 nitrogen and oxygen atoms in total. The molecule has 0 aromatic heterocycles. The van der Waals surface area contributed by atoms with E-state index in [-0.39, 0.29) is 35.5 Å². The van der Waals surface area contributed by atoms with E-state index in [1.54, 1.807) is 0 Å². The predicted octanol–water partition coefficient (Wildman–Crippen LogP) is 3.31. The Labute approximate surface area is 102 Å². The summed E-state index contributed by atoms with van der Waals surface area (Å²) < 4.78 is 59.3. The monoisotopic (exact) mass is 260 g/mol. The van der Waals surface area contributed by atoms with Crippen LogP contribution in [0.4, 0.5) is 17.6 Å². The van der Waals surface area contributed by atoms with Gasteiger partial charge in [0, 0.05) is 18.6 Å². The van der Waals surface area contributed by atoms with Gasteiger partial charge in [0.25, 0.3) is 0 Å². The van der Waals surface area contributed by atoms with Gasteiger partial charge < -0.3 is 4.74 Å². The second kappa shape index (κ2) is 3.95. The molecule has 5 heteroatoms. The van der Waals surface area contributed by atoms with Gasteiger partial charge in [0.05, 0.1) is 6.10 Å². The van der Waals surface area contributed by atoms with Crippen LogP contribution in [-0.2, 0) is 11.2 Å². The molecule has 0 aliphatic heterocycles. The molecule has 2 aliphatic rings. The topological polar surface area (TPSA) is 9.23 Å². The van der Waals surface area contributed by atoms with Crippen LogP contribution in [0.5, 0.6) is 0 Å². The van der Waals surface area contributed by atoms with Crippen molar-refractivity contribution in [2.75, 3.05) is 7.11 Å². The molecule has 1 fully saturated rings. The van der Waals surface area contributed by atoms with E-state index in [1.807, 2.05) is 0 Å². The Balaban J connectivity index is 2.22. The highest BCUT2D eigenvalue weighted by molar-refractivity contribution is 5.39. The Morgan fingerprint density at radius 2 is 1.61 bits per heavy atom. The maximum absolute atomic E-state index is 13.9. The summed E-state index contributed by atoms with van der Waals surface area (Å²) in [5, 5.41) is 0. The van der Waals surface area contributed by atoms with Gasteiger partial charge in [0.15, 0.2) is 23.3 Å². The van der Waals surface area contributed by atoms with E-state index in [9.17, 15) is 17.6 Å². The first kappa shape index (κ1) is 12.0. The Morgan fingerprint density at radius 3 is 2.28 bits per heavy atom. The highest BCUT2D eigenvalue weighted by Gasteiger charge is 2.44. The fourth-order valence-electron chi connectivity index (χ4n) is 3.40. The first-order valence-electron chi connectivity index (χ1n) is 5.92. The third-order valence-electron chi connectivity index (χ3n) is 4.17. The van der Waals surface area contributed by atoms with Crippen LogP contribution in [0.15, 0.2) is 0 Å². The van der Waals surface area contributed by atoms with Gasteiger partial charge in [-0.1, -0.05) is 0 Å². The lowest BCUT2D eigenvalue weighted by Crippen LogP contribution is -2.21. The van der Waals surface area contributed by atoms with Crippen LogP contribution < -0.4 is 0 Å². The van der Waals surface area contributed by atoms with Crippen molar-refractivity contribution in [3.05, 3.63) is 34.4 Å². The zero-order chi connectivity index (χ0) is 13.0. The average Bonchev–Trinajstić information content (AvgIpc) is 2.70. The molecule has 1 aromatic carbocycles. The largest absolute Gasteiger partial charge is 0.381 e. The third-order valence-corrected chi connectivity index (χ3v) is 4.17. The standard InChI is InChI=1S/C13H12F4O/c1-18-8-4-5-2-6(8)9-7(3-5)10(14)12(16)13(17)11(9)15/h5-6,8H,2-4H2,1H3/t5-,6-,8-/m0/s1. The SMILES string of the molecule is CO[C@H]1C[C@@H]2Cc3c(F)c(F)c(F)c(F)c3[C@H]1C2. The van der Waals surface area contributed by atoms with Crippen molar-refractivity contribution in [3.63, 3.8) is 0 Å². The minimum absolute atomic E-state index is 0.00722. The van der Waals surface area contributed by atoms with Crippen LogP contribution in [0.25, 0.3) is 0 Å². The lowest BCUT2D eigenvalue weighted by Gasteiger charge is -2.25. The van der Waals surface area contributed by atoms with Gasteiger partial charge in [-0.15, -0.1) is 0 Å². The molecular formula is C13H12F4O. The summed E-state index contributed by atoms with van der Waals surface area (Å²) in [4.78, 5) is 0. The van der Waals surface area contributed by atoms with Crippen molar-refractivity contribution in [2.24, 2.45) is 5.92 Å². The van der Waals surface area contributed by atoms with E-state index in [1.165, 1.54) is 7.11 Å². The fourth-order valence-corrected chi connectivity index (χ4v) is 3.40. The molecule has 3 rings (SSSR count). The summed E-state index contributed by atoms with van der Waals surface area (Å²) in [6.45, 7) is 0. The average molecular weight is 260 g/mol. The van der Waals surface area contributed by atoms with Crippen molar-refractivity contribution in [1.82, 2.24) is 0 Å². The van der Waals surface area contributed by atoms with Crippen molar-refractivity contribution >= 4 is 0 Å². The summed E-state index contributed by atoms with van der Waals surface area (Å²) >= 11 is 0. The van der Waals surface area contributed by atoms with Gasteiger partial charge in [-0.05, 0) is 30.7 Å². The zero-order valence-corrected chi connectivity index (χ0v) is 9.77. The Bertz CT molecular complexity index is 514. The van der Waals surface area contributed by atoms with E-state index in [2.05, 4.69) is 0 Å². The quantitative estimate of drug-likeness (QED) is 0.427. The molecule has 0 unspecified atom stereocenters. The summed E-state index contributed by atoms with van der Waals surface area (Å²) in [5.74, 6) is -6.13. The Morgan fingerprint density at radius 1 is 0.944 bits per heavy atom. The van der Waals surface area contributed by atoms with Gasteiger partial charge in [0.1, 0.15) is 0 Å². The molecular weight excluding hydrogens is 248 g/mol. The number of methoxy groups -OCH3 is 1. The summed E-state index contributed by atoms with van der Waals surface area (Å²) in [7, 11) is 1.50. The highest BCUT2D eigenvalue weighted by Crippen LogP contribution is 2.49. The molecule has 0 saturated heterocycles. The molecule has 2 bridgehead atoms. The number of halogens is 4. The maximum atomic E-state index is 13.9. The van der Waals surface area contributed by atoms with Crippen molar-refractivity contribution in [3.8, 4) is 0 Å². The minimum Gasteiger partial charge on any atom is -0.381 e. The number of hydrogen-bond donors (Lipinski definition) is 0. The van der Waals surface area contributed by atoms with Gasteiger partial charge in [0.2, 0.25) is 0 Å². The van der Waals surface area contributed by atoms with E-state index in [4.69, 9.17) is 4.74 Å². The van der Waals surface area contributed by atoms with Crippen molar-refractivity contribution in [1.29, 1.82) is 0 Å². The number of ether oxygens (including phenoxy) is 1. The van der Waals surface area contributed by atoms with E-state index in [0.29, 0.717) is 12.8 Å². The molecule has 2 aliphatic carbocycles. The molecule has 18 heavy (non-hydrogen) atoms. The molecule has 1 aromatic rings. The molecule has 0 amide bonds. The lowest BCUT2D eigenvalue weighted by molar-refractivity contribution is 0.0923. The molecule has 0 N–H and O–H groups in total. The van der Waals surface area contributed by atoms with Crippen LogP contribution >= 0.6 is 0 Å². The zero-order valence-electron chi connectivity index (χ0n) is 9.77. The van der Waals surface area contributed by atoms with Crippen LogP contribution in [0, 0.1) is 29.2 Å².